The van der Waals surface area contributed by atoms with Gasteiger partial charge in [-0.05, 0) is 86.2 Å². The fourth-order valence-electron chi connectivity index (χ4n) is 3.59. The summed E-state index contributed by atoms with van der Waals surface area (Å²) in [6.45, 7) is 3.87. The lowest BCUT2D eigenvalue weighted by molar-refractivity contribution is -0.122. The summed E-state index contributed by atoms with van der Waals surface area (Å²) in [5.74, 6) is -1.11. The Hall–Kier alpha value is -2.64. The van der Waals surface area contributed by atoms with Crippen molar-refractivity contribution in [2.75, 3.05) is 4.90 Å². The van der Waals surface area contributed by atoms with Crippen LogP contribution in [0.4, 0.5) is 5.69 Å². The van der Waals surface area contributed by atoms with E-state index in [4.69, 9.17) is 47.0 Å². The molecule has 162 valence electrons. The van der Waals surface area contributed by atoms with E-state index in [9.17, 15) is 9.59 Å². The summed E-state index contributed by atoms with van der Waals surface area (Å²) in [6.07, 6.45) is 1.57. The average Bonchev–Trinajstić information content (AvgIpc) is 3.01. The standard InChI is InChI=1S/C23H16Cl3N3O2S/c1-12-9-14(13(2)28(12)16-5-3-15(24)4-6-16)10-18-21(30)27-23(32)29(22(18)31)17-7-8-19(25)20(26)11-17/h3-11H,1-2H3,(H,27,30,32). The van der Waals surface area contributed by atoms with Crippen LogP contribution < -0.4 is 10.2 Å². The quantitative estimate of drug-likeness (QED) is 0.275. The number of nitrogens with one attached hydrogen (secondary N) is 1. The number of anilines is 1. The van der Waals surface area contributed by atoms with Gasteiger partial charge < -0.3 is 4.57 Å². The first-order valence-electron chi connectivity index (χ1n) is 9.49. The molecule has 3 aromatic rings. The zero-order valence-corrected chi connectivity index (χ0v) is 20.0. The van der Waals surface area contributed by atoms with Crippen LogP contribution in [0.1, 0.15) is 17.0 Å². The molecule has 4 rings (SSSR count). The predicted octanol–water partition coefficient (Wildman–Crippen LogP) is 5.89. The van der Waals surface area contributed by atoms with E-state index >= 15 is 0 Å². The van der Waals surface area contributed by atoms with Gasteiger partial charge in [-0.3, -0.25) is 19.8 Å². The molecule has 2 amide bonds. The third kappa shape index (κ3) is 4.07. The number of rotatable bonds is 3. The summed E-state index contributed by atoms with van der Waals surface area (Å²) in [6, 6.07) is 14.0. The third-order valence-corrected chi connectivity index (χ3v) is 6.39. The van der Waals surface area contributed by atoms with E-state index in [2.05, 4.69) is 5.32 Å². The Balaban J connectivity index is 1.76. The number of aromatic nitrogens is 1. The van der Waals surface area contributed by atoms with Crippen LogP contribution in [0.5, 0.6) is 0 Å². The van der Waals surface area contributed by atoms with Gasteiger partial charge in [-0.2, -0.15) is 0 Å². The predicted molar refractivity (Wildman–Crippen MR) is 133 cm³/mol. The maximum Gasteiger partial charge on any atom is 0.270 e. The minimum atomic E-state index is -0.562. The number of carbonyl (C=O) groups is 2. The molecule has 2 aromatic carbocycles. The van der Waals surface area contributed by atoms with Crippen molar-refractivity contribution < 1.29 is 9.59 Å². The summed E-state index contributed by atoms with van der Waals surface area (Å²) < 4.78 is 2.02. The third-order valence-electron chi connectivity index (χ3n) is 5.12. The Morgan fingerprint density at radius 1 is 0.906 bits per heavy atom. The highest BCUT2D eigenvalue weighted by Crippen LogP contribution is 2.30. The molecule has 1 fully saturated rings. The Kier molecular flexibility index (Phi) is 6.14. The number of aryl methyl sites for hydroxylation is 1. The summed E-state index contributed by atoms with van der Waals surface area (Å²) >= 11 is 23.3. The molecule has 5 nitrogen and oxygen atoms in total. The minimum Gasteiger partial charge on any atom is -0.318 e. The molecule has 0 aliphatic carbocycles. The van der Waals surface area contributed by atoms with Gasteiger partial charge in [-0.1, -0.05) is 34.8 Å². The van der Waals surface area contributed by atoms with Crippen LogP contribution >= 0.6 is 47.0 Å². The van der Waals surface area contributed by atoms with Crippen molar-refractivity contribution in [1.82, 2.24) is 9.88 Å². The maximum absolute atomic E-state index is 13.3. The van der Waals surface area contributed by atoms with E-state index in [1.165, 1.54) is 11.0 Å². The number of hydrogen-bond donors (Lipinski definition) is 1. The Bertz CT molecular complexity index is 1310. The number of carbonyl (C=O) groups excluding carboxylic acids is 2. The molecular weight excluding hydrogens is 489 g/mol. The van der Waals surface area contributed by atoms with Crippen LogP contribution in [0.2, 0.25) is 15.1 Å². The molecule has 9 heteroatoms. The minimum absolute atomic E-state index is 0.0258. The smallest absolute Gasteiger partial charge is 0.270 e. The van der Waals surface area contributed by atoms with Gasteiger partial charge in [0.1, 0.15) is 5.57 Å². The average molecular weight is 505 g/mol. The van der Waals surface area contributed by atoms with Gasteiger partial charge >= 0.3 is 0 Å². The van der Waals surface area contributed by atoms with Crippen LogP contribution in [0.3, 0.4) is 0 Å². The summed E-state index contributed by atoms with van der Waals surface area (Å²) in [7, 11) is 0. The second-order valence-corrected chi connectivity index (χ2v) is 8.83. The number of amides is 2. The lowest BCUT2D eigenvalue weighted by Crippen LogP contribution is -2.54. The monoisotopic (exact) mass is 503 g/mol. The molecule has 2 heterocycles. The van der Waals surface area contributed by atoms with Gasteiger partial charge in [0.15, 0.2) is 5.11 Å². The number of nitrogens with zero attached hydrogens (tertiary/aromatic N) is 2. The van der Waals surface area contributed by atoms with E-state index in [1.54, 1.807) is 18.2 Å². The SMILES string of the molecule is Cc1cc(C=C2C(=O)NC(=S)N(c3ccc(Cl)c(Cl)c3)C2=O)c(C)n1-c1ccc(Cl)cc1. The number of benzene rings is 2. The first-order valence-corrected chi connectivity index (χ1v) is 11.0. The summed E-state index contributed by atoms with van der Waals surface area (Å²) in [4.78, 5) is 27.1. The highest BCUT2D eigenvalue weighted by Gasteiger charge is 2.35. The first kappa shape index (κ1) is 22.6. The Morgan fingerprint density at radius 2 is 1.56 bits per heavy atom. The molecule has 0 bridgehead atoms. The number of hydrogen-bond acceptors (Lipinski definition) is 3. The van der Waals surface area contributed by atoms with Crippen molar-refractivity contribution in [2.24, 2.45) is 0 Å². The van der Waals surface area contributed by atoms with E-state index < -0.39 is 11.8 Å². The highest BCUT2D eigenvalue weighted by molar-refractivity contribution is 7.80. The van der Waals surface area contributed by atoms with E-state index in [1.807, 2.05) is 48.7 Å². The van der Waals surface area contributed by atoms with Crippen molar-refractivity contribution in [3.63, 3.8) is 0 Å². The maximum atomic E-state index is 13.3. The number of halogens is 3. The molecular formula is C23H16Cl3N3O2S. The normalized spacial score (nSPS) is 15.5. The van der Waals surface area contributed by atoms with Crippen molar-refractivity contribution >= 4 is 75.7 Å². The van der Waals surface area contributed by atoms with Crippen molar-refractivity contribution in [2.45, 2.75) is 13.8 Å². The van der Waals surface area contributed by atoms with Gasteiger partial charge in [0, 0.05) is 22.1 Å². The second-order valence-electron chi connectivity index (χ2n) is 7.19. The topological polar surface area (TPSA) is 54.3 Å². The van der Waals surface area contributed by atoms with Crippen molar-refractivity contribution in [1.29, 1.82) is 0 Å². The molecule has 1 aliphatic heterocycles. The van der Waals surface area contributed by atoms with Crippen LogP contribution in [-0.2, 0) is 9.59 Å². The van der Waals surface area contributed by atoms with Crippen LogP contribution in [0.25, 0.3) is 11.8 Å². The van der Waals surface area contributed by atoms with Gasteiger partial charge in [-0.25, -0.2) is 0 Å². The molecule has 1 saturated heterocycles. The van der Waals surface area contributed by atoms with E-state index in [0.29, 0.717) is 15.7 Å². The molecule has 1 aromatic heterocycles. The van der Waals surface area contributed by atoms with E-state index in [-0.39, 0.29) is 15.7 Å². The highest BCUT2D eigenvalue weighted by atomic mass is 35.5. The Labute approximate surface area is 205 Å². The van der Waals surface area contributed by atoms with Gasteiger partial charge in [0.2, 0.25) is 0 Å². The van der Waals surface area contributed by atoms with Gasteiger partial charge in [-0.15, -0.1) is 0 Å². The lowest BCUT2D eigenvalue weighted by atomic mass is 10.1. The fourth-order valence-corrected chi connectivity index (χ4v) is 4.29. The molecule has 0 spiro atoms. The molecule has 0 radical (unpaired) electrons. The molecule has 0 unspecified atom stereocenters. The molecule has 1 N–H and O–H groups in total. The zero-order valence-electron chi connectivity index (χ0n) is 16.9. The summed E-state index contributed by atoms with van der Waals surface area (Å²) in [5.41, 5.74) is 3.84. The molecule has 0 atom stereocenters. The van der Waals surface area contributed by atoms with Gasteiger partial charge in [0.05, 0.1) is 15.7 Å². The van der Waals surface area contributed by atoms with Crippen molar-refractivity contribution in [3.8, 4) is 5.69 Å². The Morgan fingerprint density at radius 3 is 2.22 bits per heavy atom. The van der Waals surface area contributed by atoms with Crippen molar-refractivity contribution in [3.05, 3.63) is 86.1 Å². The molecule has 1 aliphatic rings. The molecule has 0 saturated carbocycles. The zero-order chi connectivity index (χ0) is 23.2. The van der Waals surface area contributed by atoms with Crippen LogP contribution in [0.15, 0.2) is 54.1 Å². The van der Waals surface area contributed by atoms with Gasteiger partial charge in [0.25, 0.3) is 11.8 Å². The number of thiocarbonyl (C=S) groups is 1. The lowest BCUT2D eigenvalue weighted by Gasteiger charge is -2.29. The van der Waals surface area contributed by atoms with Crippen LogP contribution in [-0.4, -0.2) is 21.5 Å². The molecule has 32 heavy (non-hydrogen) atoms. The second kappa shape index (κ2) is 8.71. The largest absolute Gasteiger partial charge is 0.318 e. The van der Waals surface area contributed by atoms with E-state index in [0.717, 1.165) is 22.6 Å². The summed E-state index contributed by atoms with van der Waals surface area (Å²) in [5, 5.41) is 3.81. The fraction of sp³-hybridized carbons (Fsp3) is 0.0870. The first-order chi connectivity index (χ1) is 15.2. The van der Waals surface area contributed by atoms with Crippen LogP contribution in [0, 0.1) is 13.8 Å².